The molecule has 0 saturated carbocycles. The van der Waals surface area contributed by atoms with Gasteiger partial charge < -0.3 is 4.42 Å². The number of nitrogens with zero attached hydrogens (tertiary/aromatic N) is 2. The molecule has 2 aliphatic rings. The van der Waals surface area contributed by atoms with Gasteiger partial charge in [0.1, 0.15) is 5.58 Å². The van der Waals surface area contributed by atoms with Gasteiger partial charge in [-0.2, -0.15) is 0 Å². The van der Waals surface area contributed by atoms with Crippen LogP contribution in [0.2, 0.25) is 5.02 Å². The monoisotopic (exact) mass is 332 g/mol. The van der Waals surface area contributed by atoms with E-state index in [0.29, 0.717) is 34.6 Å². The maximum absolute atomic E-state index is 12.7. The first-order valence-corrected chi connectivity index (χ1v) is 8.67. The maximum atomic E-state index is 12.7. The number of hydrogen-bond acceptors (Lipinski definition) is 4. The van der Waals surface area contributed by atoms with E-state index in [0.717, 1.165) is 18.7 Å². The molecule has 2 aliphatic heterocycles. The van der Waals surface area contributed by atoms with Crippen molar-refractivity contribution in [3.05, 3.63) is 45.3 Å². The van der Waals surface area contributed by atoms with Gasteiger partial charge in [0.25, 0.3) is 0 Å². The molecule has 1 unspecified atom stereocenters. The van der Waals surface area contributed by atoms with Crippen LogP contribution in [0.3, 0.4) is 0 Å². The topological polar surface area (TPSA) is 36.7 Å². The average molecular weight is 333 g/mol. The summed E-state index contributed by atoms with van der Waals surface area (Å²) in [4.78, 5) is 17.7. The fraction of sp³-hybridized carbons (Fsp3) is 0.500. The highest BCUT2D eigenvalue weighted by molar-refractivity contribution is 6.31. The summed E-state index contributed by atoms with van der Waals surface area (Å²) in [7, 11) is 0. The number of hydrogen-bond donors (Lipinski definition) is 0. The average Bonchev–Trinajstić information content (AvgIpc) is 2.98. The van der Waals surface area contributed by atoms with Crippen molar-refractivity contribution in [2.45, 2.75) is 38.4 Å². The van der Waals surface area contributed by atoms with E-state index in [9.17, 15) is 4.79 Å². The first-order chi connectivity index (χ1) is 11.1. The third-order valence-electron chi connectivity index (χ3n) is 5.25. The number of halogens is 1. The Bertz CT molecular complexity index is 788. The lowest BCUT2D eigenvalue weighted by Gasteiger charge is -2.42. The zero-order valence-corrected chi connectivity index (χ0v) is 14.1. The Labute approximate surface area is 140 Å². The summed E-state index contributed by atoms with van der Waals surface area (Å²) in [5.74, 6) is 0. The van der Waals surface area contributed by atoms with Crippen LogP contribution < -0.4 is 5.43 Å². The van der Waals surface area contributed by atoms with Crippen molar-refractivity contribution in [3.63, 3.8) is 0 Å². The van der Waals surface area contributed by atoms with Crippen LogP contribution >= 0.6 is 11.6 Å². The van der Waals surface area contributed by atoms with Crippen molar-refractivity contribution in [3.8, 4) is 0 Å². The van der Waals surface area contributed by atoms with E-state index in [4.69, 9.17) is 16.0 Å². The lowest BCUT2D eigenvalue weighted by Crippen LogP contribution is -2.54. The van der Waals surface area contributed by atoms with Crippen molar-refractivity contribution >= 4 is 22.6 Å². The molecule has 0 N–H and O–H groups in total. The first-order valence-electron chi connectivity index (χ1n) is 8.30. The van der Waals surface area contributed by atoms with E-state index in [1.807, 2.05) is 0 Å². The normalized spacial score (nSPS) is 25.8. The number of piperazine rings is 1. The van der Waals surface area contributed by atoms with E-state index < -0.39 is 0 Å². The summed E-state index contributed by atoms with van der Waals surface area (Å²) in [6.07, 6.45) is 4.18. The molecular weight excluding hydrogens is 312 g/mol. The van der Waals surface area contributed by atoms with Crippen LogP contribution in [0.15, 0.2) is 33.7 Å². The summed E-state index contributed by atoms with van der Waals surface area (Å²) in [5.41, 5.74) is 1.35. The van der Waals surface area contributed by atoms with Gasteiger partial charge in [-0.3, -0.25) is 14.6 Å². The molecule has 5 heteroatoms. The number of fused-ring (bicyclic) bond motifs is 2. The maximum Gasteiger partial charge on any atom is 0.197 e. The molecule has 0 amide bonds. The summed E-state index contributed by atoms with van der Waals surface area (Å²) < 4.78 is 5.65. The molecule has 0 bridgehead atoms. The molecule has 122 valence electrons. The highest BCUT2D eigenvalue weighted by atomic mass is 35.5. The molecule has 23 heavy (non-hydrogen) atoms. The minimum Gasteiger partial charge on any atom is -0.464 e. The van der Waals surface area contributed by atoms with Gasteiger partial charge in [-0.25, -0.2) is 0 Å². The number of rotatable bonds is 2. The second kappa shape index (κ2) is 5.93. The summed E-state index contributed by atoms with van der Waals surface area (Å²) in [6, 6.07) is 6.30. The smallest absolute Gasteiger partial charge is 0.197 e. The molecule has 1 aromatic heterocycles. The Morgan fingerprint density at radius 1 is 1.35 bits per heavy atom. The SMILES string of the molecule is C[C@H]1CN2CCCC2CN1Cc1coc2ccc(Cl)cc2c1=O. The molecular formula is C18H21ClN2O2. The standard InChI is InChI=1S/C18H21ClN2O2/c1-12-8-20-6-2-3-15(20)10-21(12)9-13-11-23-17-5-4-14(19)7-16(17)18(13)22/h4-5,7,11-12,15H,2-3,6,8-10H2,1H3/t12-,15?/m0/s1. The third kappa shape index (κ3) is 2.80. The van der Waals surface area contributed by atoms with Crippen molar-refractivity contribution in [1.29, 1.82) is 0 Å². The quantitative estimate of drug-likeness (QED) is 0.846. The largest absolute Gasteiger partial charge is 0.464 e. The number of benzene rings is 1. The molecule has 4 nitrogen and oxygen atoms in total. The third-order valence-corrected chi connectivity index (χ3v) is 5.48. The molecule has 0 aliphatic carbocycles. The van der Waals surface area contributed by atoms with Gasteiger partial charge in [0.05, 0.1) is 11.6 Å². The molecule has 4 rings (SSSR count). The minimum atomic E-state index is 0.0369. The summed E-state index contributed by atoms with van der Waals surface area (Å²) in [5, 5.41) is 1.14. The fourth-order valence-electron chi connectivity index (χ4n) is 3.94. The highest BCUT2D eigenvalue weighted by Crippen LogP contribution is 2.25. The first kappa shape index (κ1) is 15.2. The fourth-order valence-corrected chi connectivity index (χ4v) is 4.11. The van der Waals surface area contributed by atoms with Gasteiger partial charge in [-0.1, -0.05) is 11.6 Å². The van der Waals surface area contributed by atoms with Crippen LogP contribution in [-0.4, -0.2) is 41.5 Å². The Morgan fingerprint density at radius 2 is 2.22 bits per heavy atom. The van der Waals surface area contributed by atoms with Crippen molar-refractivity contribution in [2.24, 2.45) is 0 Å². The van der Waals surface area contributed by atoms with Gasteiger partial charge in [0, 0.05) is 42.3 Å². The molecule has 1 aromatic carbocycles. The molecule has 2 saturated heterocycles. The zero-order valence-electron chi connectivity index (χ0n) is 13.3. The van der Waals surface area contributed by atoms with Crippen LogP contribution in [0.25, 0.3) is 11.0 Å². The van der Waals surface area contributed by atoms with E-state index >= 15 is 0 Å². The van der Waals surface area contributed by atoms with Crippen LogP contribution in [0.1, 0.15) is 25.3 Å². The molecule has 0 spiro atoms. The van der Waals surface area contributed by atoms with Crippen molar-refractivity contribution < 1.29 is 4.42 Å². The second-order valence-corrected chi connectivity index (χ2v) is 7.24. The Balaban J connectivity index is 1.62. The summed E-state index contributed by atoms with van der Waals surface area (Å²) >= 11 is 6.02. The molecule has 2 atom stereocenters. The van der Waals surface area contributed by atoms with Gasteiger partial charge in [0.15, 0.2) is 5.43 Å². The highest BCUT2D eigenvalue weighted by Gasteiger charge is 2.34. The molecule has 3 heterocycles. The van der Waals surface area contributed by atoms with Crippen LogP contribution in [0.4, 0.5) is 0 Å². The summed E-state index contributed by atoms with van der Waals surface area (Å²) in [6.45, 7) is 6.24. The van der Waals surface area contributed by atoms with E-state index in [2.05, 4.69) is 16.7 Å². The van der Waals surface area contributed by atoms with E-state index in [1.165, 1.54) is 19.4 Å². The predicted octanol–water partition coefficient (Wildman–Crippen LogP) is 3.11. The lowest BCUT2D eigenvalue weighted by molar-refractivity contribution is 0.0535. The molecule has 0 radical (unpaired) electrons. The van der Waals surface area contributed by atoms with Crippen molar-refractivity contribution in [2.75, 3.05) is 19.6 Å². The van der Waals surface area contributed by atoms with Gasteiger partial charge in [0.2, 0.25) is 0 Å². The van der Waals surface area contributed by atoms with Gasteiger partial charge in [-0.15, -0.1) is 0 Å². The molecule has 2 fully saturated rings. The van der Waals surface area contributed by atoms with Crippen LogP contribution in [-0.2, 0) is 6.54 Å². The second-order valence-electron chi connectivity index (χ2n) is 6.80. The Hall–Kier alpha value is -1.36. The van der Waals surface area contributed by atoms with E-state index in [-0.39, 0.29) is 5.43 Å². The lowest BCUT2D eigenvalue weighted by atomic mass is 10.1. The minimum absolute atomic E-state index is 0.0369. The Kier molecular flexibility index (Phi) is 3.92. The zero-order chi connectivity index (χ0) is 16.0. The molecule has 2 aromatic rings. The van der Waals surface area contributed by atoms with Gasteiger partial charge in [-0.05, 0) is 44.5 Å². The van der Waals surface area contributed by atoms with Crippen LogP contribution in [0, 0.1) is 0 Å². The van der Waals surface area contributed by atoms with E-state index in [1.54, 1.807) is 24.5 Å². The predicted molar refractivity (Wildman–Crippen MR) is 92.0 cm³/mol. The van der Waals surface area contributed by atoms with Crippen LogP contribution in [0.5, 0.6) is 0 Å². The van der Waals surface area contributed by atoms with Crippen molar-refractivity contribution in [1.82, 2.24) is 9.80 Å². The Morgan fingerprint density at radius 3 is 3.09 bits per heavy atom. The van der Waals surface area contributed by atoms with Gasteiger partial charge >= 0.3 is 0 Å².